The number of hydrogen-bond acceptors (Lipinski definition) is 23. The number of carbonyl (C=O) groups excluding carboxylic acids is 2. The van der Waals surface area contributed by atoms with E-state index in [9.17, 15) is 29.1 Å². The standard InChI is InChI=1S/C32H42O9Si.C27H28O7.C8H21NO3Si.C4H13NO3Si/c1-37-29-17-12-26(13-18-29)32(25-9-5-4-6-10-25,27-14-19-30(38-2)20-15-27)41-23-22-40-31(34)21-16-28(33)11-7-8-24-42(35,36)39-3;1-31-23-12-8-21(9-13-23)27(20-6-4-3-5-7-20,22-10-14-24(32-2)15-11-22)34-19-18-33-26(30)17-16-25(28)29;1-4-10-13(8-7-9,11-5-2)12-6-3;1-8-9(6,7)4-2-3-5/h4-6,9-10,12-15,17-20,28,33,35-36H,7-8,11,16,21-24H2,1-3H3;3-15H,16-19H2,1-2H3,(H,28,29);4-9H2,1-3H3;6-7H,2-5H2,1H3. The van der Waals surface area contributed by atoms with Crippen LogP contribution in [0.2, 0.25) is 18.1 Å². The van der Waals surface area contributed by atoms with Crippen LogP contribution in [0.15, 0.2) is 158 Å². The number of aliphatic carboxylic acids is 1. The van der Waals surface area contributed by atoms with E-state index in [4.69, 9.17) is 81.8 Å². The molecule has 0 fully saturated rings. The van der Waals surface area contributed by atoms with Crippen molar-refractivity contribution in [3.8, 4) is 23.0 Å². The van der Waals surface area contributed by atoms with Crippen molar-refractivity contribution in [3.05, 3.63) is 191 Å². The van der Waals surface area contributed by atoms with Crippen LogP contribution in [0.25, 0.3) is 0 Å². The lowest BCUT2D eigenvalue weighted by Gasteiger charge is -2.36. The lowest BCUT2D eigenvalue weighted by atomic mass is 9.80. The van der Waals surface area contributed by atoms with Gasteiger partial charge >= 0.3 is 44.3 Å². The van der Waals surface area contributed by atoms with Gasteiger partial charge in [-0.25, -0.2) is 0 Å². The zero-order chi connectivity index (χ0) is 72.3. The van der Waals surface area contributed by atoms with Crippen molar-refractivity contribution >= 4 is 44.3 Å². The van der Waals surface area contributed by atoms with Gasteiger partial charge in [0.2, 0.25) is 0 Å². The molecule has 542 valence electrons. The summed E-state index contributed by atoms with van der Waals surface area (Å²) in [5.74, 6) is 0.825. The number of nitrogens with two attached hydrogens (primary N) is 2. The van der Waals surface area contributed by atoms with E-state index in [1.165, 1.54) is 14.2 Å². The highest BCUT2D eigenvalue weighted by molar-refractivity contribution is 6.60. The van der Waals surface area contributed by atoms with Gasteiger partial charge in [-0.15, -0.1) is 0 Å². The summed E-state index contributed by atoms with van der Waals surface area (Å²) in [6.45, 7) is 8.92. The molecule has 27 heteroatoms. The van der Waals surface area contributed by atoms with Gasteiger partial charge in [0, 0.05) is 58.6 Å². The van der Waals surface area contributed by atoms with Crippen LogP contribution >= 0.6 is 0 Å². The van der Waals surface area contributed by atoms with Crippen molar-refractivity contribution in [2.75, 3.05) is 102 Å². The number of aliphatic hydroxyl groups is 1. The van der Waals surface area contributed by atoms with Gasteiger partial charge in [-0.05, 0) is 141 Å². The molecule has 6 aromatic rings. The van der Waals surface area contributed by atoms with Gasteiger partial charge in [0.1, 0.15) is 47.4 Å². The largest absolute Gasteiger partial charge is 0.502 e. The molecule has 0 aliphatic heterocycles. The zero-order valence-corrected chi connectivity index (χ0v) is 61.1. The highest BCUT2D eigenvalue weighted by atomic mass is 28.4. The molecule has 0 radical (unpaired) electrons. The quantitative estimate of drug-likeness (QED) is 0.00768. The number of unbranched alkanes of at least 4 members (excludes halogenated alkanes) is 1. The molecule has 98 heavy (non-hydrogen) atoms. The van der Waals surface area contributed by atoms with Crippen molar-refractivity contribution in [2.24, 2.45) is 11.5 Å². The van der Waals surface area contributed by atoms with Crippen molar-refractivity contribution < 1.29 is 104 Å². The van der Waals surface area contributed by atoms with Crippen LogP contribution in [0.1, 0.15) is 106 Å². The van der Waals surface area contributed by atoms with Crippen molar-refractivity contribution in [3.63, 3.8) is 0 Å². The van der Waals surface area contributed by atoms with Crippen LogP contribution in [0.3, 0.4) is 0 Å². The average Bonchev–Trinajstić information content (AvgIpc) is 0.763. The molecule has 0 saturated carbocycles. The molecular formula is C71H104N2O22Si3. The van der Waals surface area contributed by atoms with E-state index >= 15 is 0 Å². The number of esters is 2. The average molecular weight is 1420 g/mol. The monoisotopic (exact) mass is 1420 g/mol. The SMILES string of the molecule is CCO[Si](CCN)(OCC)OCC.CO[Si](O)(O)CCCN.COc1ccc(C(OCCOC(=O)CCC(=O)O)(c2ccccc2)c2ccc(OC)cc2)cc1.COc1ccc(C(OCCOC(=O)CCC(O)CCCC[Si](O)(O)OC)(c2ccccc2)c2ccc(OC)cc2)cc1. The first kappa shape index (κ1) is 85.2. The van der Waals surface area contributed by atoms with Gasteiger partial charge < -0.3 is 101 Å². The van der Waals surface area contributed by atoms with E-state index in [2.05, 4.69) is 4.43 Å². The van der Waals surface area contributed by atoms with Crippen LogP contribution in [0.4, 0.5) is 0 Å². The molecule has 0 spiro atoms. The maximum absolute atomic E-state index is 12.4. The van der Waals surface area contributed by atoms with E-state index in [0.717, 1.165) is 44.9 Å². The first-order valence-electron chi connectivity index (χ1n) is 32.6. The highest BCUT2D eigenvalue weighted by Crippen LogP contribution is 2.43. The normalized spacial score (nSPS) is 11.9. The summed E-state index contributed by atoms with van der Waals surface area (Å²) in [6, 6.07) is 51.4. The molecule has 10 N–H and O–H groups in total. The number of ether oxygens (including phenoxy) is 8. The second-order valence-electron chi connectivity index (χ2n) is 21.8. The van der Waals surface area contributed by atoms with E-state index in [1.54, 1.807) is 28.4 Å². The van der Waals surface area contributed by atoms with Gasteiger partial charge in [0.25, 0.3) is 0 Å². The number of benzene rings is 6. The van der Waals surface area contributed by atoms with E-state index in [-0.39, 0.29) is 58.2 Å². The van der Waals surface area contributed by atoms with Crippen LogP contribution in [-0.4, -0.2) is 182 Å². The molecule has 0 amide bonds. The Morgan fingerprint density at radius 2 is 0.755 bits per heavy atom. The third kappa shape index (κ3) is 29.1. The van der Waals surface area contributed by atoms with Crippen molar-refractivity contribution in [2.45, 2.75) is 108 Å². The van der Waals surface area contributed by atoms with E-state index in [0.29, 0.717) is 82.2 Å². The van der Waals surface area contributed by atoms with Gasteiger partial charge in [0.05, 0.1) is 60.6 Å². The summed E-state index contributed by atoms with van der Waals surface area (Å²) >= 11 is 0. The summed E-state index contributed by atoms with van der Waals surface area (Å²) in [5.41, 5.74) is 13.9. The Morgan fingerprint density at radius 3 is 1.06 bits per heavy atom. The number of aliphatic hydroxyl groups excluding tert-OH is 1. The van der Waals surface area contributed by atoms with Crippen LogP contribution in [-0.2, 0) is 66.7 Å². The molecule has 24 nitrogen and oxygen atoms in total. The molecule has 0 aliphatic carbocycles. The Balaban J connectivity index is 0.000000395. The van der Waals surface area contributed by atoms with E-state index in [1.807, 2.05) is 178 Å². The van der Waals surface area contributed by atoms with Crippen LogP contribution in [0.5, 0.6) is 23.0 Å². The Hall–Kier alpha value is -6.98. The third-order valence-electron chi connectivity index (χ3n) is 15.1. The topological polar surface area (TPSA) is 345 Å². The first-order chi connectivity index (χ1) is 47.1. The fraction of sp³-hybridized carbons (Fsp3) is 0.451. The fourth-order valence-electron chi connectivity index (χ4n) is 10.1. The number of hydrogen-bond donors (Lipinski definition) is 8. The highest BCUT2D eigenvalue weighted by Gasteiger charge is 2.41. The van der Waals surface area contributed by atoms with Crippen LogP contribution in [0, 0.1) is 0 Å². The maximum Gasteiger partial charge on any atom is 0.502 e. The van der Waals surface area contributed by atoms with Crippen molar-refractivity contribution in [1.29, 1.82) is 0 Å². The van der Waals surface area contributed by atoms with Gasteiger partial charge in [-0.3, -0.25) is 14.4 Å². The van der Waals surface area contributed by atoms with Gasteiger partial charge in [-0.2, -0.15) is 0 Å². The smallest absolute Gasteiger partial charge is 0.497 e. The minimum absolute atomic E-state index is 0.0145. The summed E-state index contributed by atoms with van der Waals surface area (Å²) in [7, 11) is -0.244. The Labute approximate surface area is 580 Å². The Morgan fingerprint density at radius 1 is 0.418 bits per heavy atom. The van der Waals surface area contributed by atoms with Crippen LogP contribution < -0.4 is 30.4 Å². The lowest BCUT2D eigenvalue weighted by molar-refractivity contribution is -0.149. The predicted molar refractivity (Wildman–Crippen MR) is 377 cm³/mol. The Kier molecular flexibility index (Phi) is 40.3. The second kappa shape index (κ2) is 46.4. The molecule has 1 unspecified atom stereocenters. The molecular weight excluding hydrogens is 1320 g/mol. The first-order valence-corrected chi connectivity index (χ1v) is 38.5. The number of rotatable bonds is 42. The number of carboxylic acid groups (broad SMARTS) is 1. The van der Waals surface area contributed by atoms with Crippen molar-refractivity contribution in [1.82, 2.24) is 0 Å². The summed E-state index contributed by atoms with van der Waals surface area (Å²) < 4.78 is 71.1. The van der Waals surface area contributed by atoms with E-state index < -0.39 is 61.6 Å². The minimum atomic E-state index is -3.57. The lowest BCUT2D eigenvalue weighted by Crippen LogP contribution is -2.47. The zero-order valence-electron chi connectivity index (χ0n) is 58.1. The summed E-state index contributed by atoms with van der Waals surface area (Å²) in [5, 5.41) is 19.0. The molecule has 0 bridgehead atoms. The van der Waals surface area contributed by atoms with Gasteiger partial charge in [-0.1, -0.05) is 116 Å². The second-order valence-corrected chi connectivity index (χ2v) is 29.3. The predicted octanol–water partition coefficient (Wildman–Crippen LogP) is 8.76. The molecule has 0 saturated heterocycles. The maximum atomic E-state index is 12.4. The molecule has 6 aromatic carbocycles. The van der Waals surface area contributed by atoms with Gasteiger partial charge in [0.15, 0.2) is 0 Å². The summed E-state index contributed by atoms with van der Waals surface area (Å²) in [4.78, 5) is 71.9. The molecule has 0 aliphatic rings. The molecule has 6 rings (SSSR count). The minimum Gasteiger partial charge on any atom is -0.497 e. The number of carbonyl (C=O) groups is 3. The number of methoxy groups -OCH3 is 4. The Bertz CT molecular complexity index is 2980. The molecule has 0 aromatic heterocycles. The fourth-order valence-corrected chi connectivity index (χ4v) is 14.2. The number of carboxylic acids is 1. The molecule has 0 heterocycles. The molecule has 1 atom stereocenters. The summed E-state index contributed by atoms with van der Waals surface area (Å²) in [6.07, 6.45) is 1.37. The third-order valence-corrected chi connectivity index (χ3v) is 21.5.